The lowest BCUT2D eigenvalue weighted by Crippen LogP contribution is -2.16. The van der Waals surface area contributed by atoms with Crippen LogP contribution in [0.25, 0.3) is 55.6 Å². The molecular weight excluding hydrogens is 643 g/mol. The van der Waals surface area contributed by atoms with Gasteiger partial charge in [-0.1, -0.05) is 147 Å². The topological polar surface area (TPSA) is 12.5 Å². The van der Waals surface area contributed by atoms with Gasteiger partial charge in [0.1, 0.15) is 11.5 Å². The van der Waals surface area contributed by atoms with Gasteiger partial charge in [-0.25, -0.2) is 0 Å². The number of rotatable bonds is 5. The van der Waals surface area contributed by atoms with Gasteiger partial charge >= 0.3 is 0 Å². The van der Waals surface area contributed by atoms with Gasteiger partial charge in [0.05, 0.1) is 0 Å². The molecule has 0 spiro atoms. The molecule has 0 N–H and O–H groups in total. The van der Waals surface area contributed by atoms with E-state index in [-0.39, 0.29) is 5.41 Å². The van der Waals surface area contributed by atoms with Gasteiger partial charge in [-0.15, -0.1) is 0 Å². The molecule has 0 fully saturated rings. The summed E-state index contributed by atoms with van der Waals surface area (Å²) in [7, 11) is 0. The van der Waals surface area contributed by atoms with E-state index in [1.807, 2.05) is 0 Å². The molecule has 0 saturated carbocycles. The summed E-state index contributed by atoms with van der Waals surface area (Å²) >= 11 is 0. The van der Waals surface area contributed by atoms with Gasteiger partial charge in [0.25, 0.3) is 0 Å². The summed E-state index contributed by atoms with van der Waals surface area (Å²) in [6.07, 6.45) is 0. The molecule has 0 amide bonds. The van der Waals surface area contributed by atoms with Crippen molar-refractivity contribution in [3.05, 3.63) is 199 Å². The molecule has 1 aliphatic heterocycles. The number of nitrogens with zero attached hydrogens (tertiary/aromatic N) is 1. The van der Waals surface area contributed by atoms with Crippen LogP contribution in [0.1, 0.15) is 25.0 Å². The fourth-order valence-electron chi connectivity index (χ4n) is 8.40. The number of hydrogen-bond donors (Lipinski definition) is 0. The average Bonchev–Trinajstić information content (AvgIpc) is 3.34. The largest absolute Gasteiger partial charge is 0.456 e. The molecule has 0 saturated heterocycles. The molecule has 2 nitrogen and oxygen atoms in total. The first-order chi connectivity index (χ1) is 26.0. The number of ether oxygens (including phenoxy) is 1. The minimum absolute atomic E-state index is 0.125. The first-order valence-corrected chi connectivity index (χ1v) is 18.3. The number of benzene rings is 8. The van der Waals surface area contributed by atoms with E-state index in [0.29, 0.717) is 0 Å². The maximum atomic E-state index is 6.91. The number of anilines is 3. The van der Waals surface area contributed by atoms with Crippen LogP contribution in [0.4, 0.5) is 17.1 Å². The highest BCUT2D eigenvalue weighted by Crippen LogP contribution is 2.52. The Kier molecular flexibility index (Phi) is 7.19. The summed E-state index contributed by atoms with van der Waals surface area (Å²) < 4.78 is 6.91. The van der Waals surface area contributed by atoms with Crippen LogP contribution in [0.2, 0.25) is 0 Å². The van der Waals surface area contributed by atoms with Crippen LogP contribution in [0, 0.1) is 0 Å². The van der Waals surface area contributed by atoms with Crippen LogP contribution in [0.15, 0.2) is 188 Å². The van der Waals surface area contributed by atoms with Crippen molar-refractivity contribution in [1.29, 1.82) is 0 Å². The second-order valence-corrected chi connectivity index (χ2v) is 14.6. The fraction of sp³-hybridized carbons (Fsp3) is 0.0588. The van der Waals surface area contributed by atoms with Gasteiger partial charge in [-0.05, 0) is 104 Å². The first kappa shape index (κ1) is 31.1. The predicted octanol–water partition coefficient (Wildman–Crippen LogP) is 14.2. The Morgan fingerprint density at radius 3 is 1.66 bits per heavy atom. The third kappa shape index (κ3) is 5.18. The van der Waals surface area contributed by atoms with Gasteiger partial charge in [0, 0.05) is 39.7 Å². The summed E-state index contributed by atoms with van der Waals surface area (Å²) in [6.45, 7) is 4.69. The summed E-state index contributed by atoms with van der Waals surface area (Å²) in [6, 6.07) is 67.8. The standard InChI is InChI=1S/C51H37NO/c1-51(2)47-22-11-9-20-42(47)43-28-25-39(32-48(43)51)52(38-19-13-18-36(30-38)34-14-5-3-6-15-34)40-26-29-45-46-31-37(35-16-7-4-8-17-35)24-27-41(46)44-21-10-12-23-49(44)53-50(45)33-40/h3-33H,1-2H3. The number of hydrogen-bond acceptors (Lipinski definition) is 2. The fourth-order valence-corrected chi connectivity index (χ4v) is 8.40. The molecule has 0 aromatic heterocycles. The molecule has 2 heteroatoms. The Bertz CT molecular complexity index is 2670. The minimum atomic E-state index is -0.125. The Hall–Kier alpha value is -6.64. The minimum Gasteiger partial charge on any atom is -0.456 e. The van der Waals surface area contributed by atoms with Crippen molar-refractivity contribution >= 4 is 17.1 Å². The molecule has 53 heavy (non-hydrogen) atoms. The number of fused-ring (bicyclic) bond motifs is 8. The van der Waals surface area contributed by atoms with Gasteiger partial charge in [0.15, 0.2) is 0 Å². The van der Waals surface area contributed by atoms with Crippen LogP contribution in [0.5, 0.6) is 11.5 Å². The molecule has 0 radical (unpaired) electrons. The van der Waals surface area contributed by atoms with Crippen molar-refractivity contribution in [1.82, 2.24) is 0 Å². The summed E-state index contributed by atoms with van der Waals surface area (Å²) in [5, 5.41) is 0. The lowest BCUT2D eigenvalue weighted by Gasteiger charge is -2.29. The summed E-state index contributed by atoms with van der Waals surface area (Å²) in [5.41, 5.74) is 17.6. The maximum absolute atomic E-state index is 6.91. The number of para-hydroxylation sites is 1. The molecule has 252 valence electrons. The predicted molar refractivity (Wildman–Crippen MR) is 221 cm³/mol. The van der Waals surface area contributed by atoms with E-state index in [9.17, 15) is 0 Å². The molecule has 1 aliphatic carbocycles. The highest BCUT2D eigenvalue weighted by molar-refractivity contribution is 5.95. The zero-order valence-electron chi connectivity index (χ0n) is 29.8. The molecule has 10 rings (SSSR count). The molecule has 0 atom stereocenters. The summed E-state index contributed by atoms with van der Waals surface area (Å²) in [4.78, 5) is 2.38. The van der Waals surface area contributed by atoms with Crippen LogP contribution in [0.3, 0.4) is 0 Å². The second-order valence-electron chi connectivity index (χ2n) is 14.6. The quantitative estimate of drug-likeness (QED) is 0.180. The second kappa shape index (κ2) is 12.3. The average molecular weight is 680 g/mol. The van der Waals surface area contributed by atoms with E-state index in [0.717, 1.165) is 45.3 Å². The zero-order valence-corrected chi connectivity index (χ0v) is 29.8. The molecular formula is C51H37NO. The Morgan fingerprint density at radius 1 is 0.340 bits per heavy atom. The lowest BCUT2D eigenvalue weighted by molar-refractivity contribution is 0.488. The van der Waals surface area contributed by atoms with E-state index < -0.39 is 0 Å². The lowest BCUT2D eigenvalue weighted by atomic mass is 9.82. The summed E-state index contributed by atoms with van der Waals surface area (Å²) in [5.74, 6) is 1.68. The van der Waals surface area contributed by atoms with Crippen molar-refractivity contribution < 1.29 is 4.74 Å². The van der Waals surface area contributed by atoms with E-state index in [1.165, 1.54) is 50.1 Å². The Balaban J connectivity index is 1.17. The van der Waals surface area contributed by atoms with Crippen LogP contribution >= 0.6 is 0 Å². The van der Waals surface area contributed by atoms with Crippen molar-refractivity contribution in [2.24, 2.45) is 0 Å². The van der Waals surface area contributed by atoms with Gasteiger partial charge in [-0.2, -0.15) is 0 Å². The molecule has 2 aliphatic rings. The van der Waals surface area contributed by atoms with E-state index in [2.05, 4.69) is 207 Å². The van der Waals surface area contributed by atoms with Crippen molar-refractivity contribution in [3.63, 3.8) is 0 Å². The third-order valence-electron chi connectivity index (χ3n) is 11.1. The van der Waals surface area contributed by atoms with Gasteiger partial charge < -0.3 is 9.64 Å². The van der Waals surface area contributed by atoms with Crippen molar-refractivity contribution in [3.8, 4) is 67.1 Å². The molecule has 0 bridgehead atoms. The van der Waals surface area contributed by atoms with E-state index in [4.69, 9.17) is 4.74 Å². The third-order valence-corrected chi connectivity index (χ3v) is 11.1. The van der Waals surface area contributed by atoms with Crippen molar-refractivity contribution in [2.45, 2.75) is 19.3 Å². The van der Waals surface area contributed by atoms with E-state index in [1.54, 1.807) is 0 Å². The van der Waals surface area contributed by atoms with Gasteiger partial charge in [-0.3, -0.25) is 0 Å². The normalized spacial score (nSPS) is 13.0. The van der Waals surface area contributed by atoms with Gasteiger partial charge in [0.2, 0.25) is 0 Å². The Labute approximate surface area is 311 Å². The van der Waals surface area contributed by atoms with Crippen molar-refractivity contribution in [2.75, 3.05) is 4.90 Å². The van der Waals surface area contributed by atoms with Crippen LogP contribution in [-0.2, 0) is 5.41 Å². The molecule has 8 aromatic rings. The molecule has 8 aromatic carbocycles. The van der Waals surface area contributed by atoms with Crippen LogP contribution < -0.4 is 9.64 Å². The monoisotopic (exact) mass is 679 g/mol. The Morgan fingerprint density at radius 2 is 0.887 bits per heavy atom. The highest BCUT2D eigenvalue weighted by atomic mass is 16.5. The highest BCUT2D eigenvalue weighted by Gasteiger charge is 2.36. The zero-order chi connectivity index (χ0) is 35.5. The van der Waals surface area contributed by atoms with Crippen LogP contribution in [-0.4, -0.2) is 0 Å². The molecule has 1 heterocycles. The SMILES string of the molecule is CC1(C)c2ccccc2-c2ccc(N(c3cccc(-c4ccccc4)c3)c3ccc4c(c3)Oc3ccccc3-c3ccc(-c5ccccc5)cc3-4)cc21. The smallest absolute Gasteiger partial charge is 0.137 e. The first-order valence-electron chi connectivity index (χ1n) is 18.3. The maximum Gasteiger partial charge on any atom is 0.137 e. The van der Waals surface area contributed by atoms with E-state index >= 15 is 0 Å². The molecule has 0 unspecified atom stereocenters.